The van der Waals surface area contributed by atoms with Crippen LogP contribution in [0.25, 0.3) is 0 Å². The molecular weight excluding hydrogens is 222 g/mol. The highest BCUT2D eigenvalue weighted by atomic mass is 32.2. The Labute approximate surface area is 102 Å². The summed E-state index contributed by atoms with van der Waals surface area (Å²) < 4.78 is 1.35. The molecule has 1 saturated heterocycles. The predicted octanol–water partition coefficient (Wildman–Crippen LogP) is 3.60. The number of thioether (sulfide) groups is 1. The monoisotopic (exact) mass is 241 g/mol. The number of thiocarbonyl (C=S) groups is 1. The molecule has 2 heterocycles. The van der Waals surface area contributed by atoms with E-state index >= 15 is 0 Å². The van der Waals surface area contributed by atoms with Crippen LogP contribution in [0.3, 0.4) is 0 Å². The summed E-state index contributed by atoms with van der Waals surface area (Å²) in [5.74, 6) is 0. The zero-order valence-electron chi connectivity index (χ0n) is 9.58. The van der Waals surface area contributed by atoms with Crippen molar-refractivity contribution in [2.24, 2.45) is 0 Å². The van der Waals surface area contributed by atoms with Crippen molar-refractivity contribution in [1.82, 2.24) is 4.90 Å². The van der Waals surface area contributed by atoms with E-state index in [-0.39, 0.29) is 0 Å². The van der Waals surface area contributed by atoms with Crippen LogP contribution in [0, 0.1) is 0 Å². The number of hydrogen-bond acceptors (Lipinski definition) is 3. The van der Waals surface area contributed by atoms with Crippen LogP contribution in [0.4, 0.5) is 0 Å². The van der Waals surface area contributed by atoms with E-state index < -0.39 is 0 Å². The second-order valence-electron chi connectivity index (χ2n) is 5.04. The average molecular weight is 241 g/mol. The van der Waals surface area contributed by atoms with E-state index in [2.05, 4.69) is 24.8 Å². The van der Waals surface area contributed by atoms with E-state index in [1.807, 2.05) is 11.8 Å². The van der Waals surface area contributed by atoms with Crippen LogP contribution in [0.15, 0.2) is 11.8 Å². The highest BCUT2D eigenvalue weighted by molar-refractivity contribution is 8.24. The molecule has 0 amide bonds. The van der Waals surface area contributed by atoms with Crippen molar-refractivity contribution in [3.05, 3.63) is 11.8 Å². The summed E-state index contributed by atoms with van der Waals surface area (Å²) >= 11 is 7.20. The van der Waals surface area contributed by atoms with Crippen molar-refractivity contribution < 1.29 is 0 Å². The van der Waals surface area contributed by atoms with Crippen LogP contribution < -0.4 is 0 Å². The first-order valence-electron chi connectivity index (χ1n) is 5.75. The first kappa shape index (κ1) is 11.5. The molecule has 0 aromatic rings. The first-order chi connectivity index (χ1) is 7.07. The molecule has 1 nitrogen and oxygen atoms in total. The van der Waals surface area contributed by atoms with Gasteiger partial charge in [0.05, 0.1) is 4.20 Å². The van der Waals surface area contributed by atoms with Crippen molar-refractivity contribution in [3.63, 3.8) is 0 Å². The molecule has 3 heteroatoms. The Balaban J connectivity index is 2.10. The van der Waals surface area contributed by atoms with Gasteiger partial charge in [0.2, 0.25) is 0 Å². The molecule has 0 aromatic carbocycles. The SMILES string of the molecule is CC1(C)CC(N2CCCCC2)=CC(=S)S1. The molecule has 0 aromatic heterocycles. The molecular formula is C12H19NS2. The van der Waals surface area contributed by atoms with Gasteiger partial charge in [-0.3, -0.25) is 0 Å². The highest BCUT2D eigenvalue weighted by Gasteiger charge is 2.29. The Morgan fingerprint density at radius 3 is 2.53 bits per heavy atom. The molecule has 2 rings (SSSR count). The van der Waals surface area contributed by atoms with Gasteiger partial charge in [-0.1, -0.05) is 12.2 Å². The largest absolute Gasteiger partial charge is 0.375 e. The maximum absolute atomic E-state index is 5.36. The van der Waals surface area contributed by atoms with Gasteiger partial charge >= 0.3 is 0 Å². The quantitative estimate of drug-likeness (QED) is 0.646. The lowest BCUT2D eigenvalue weighted by Gasteiger charge is -2.37. The van der Waals surface area contributed by atoms with Gasteiger partial charge in [0, 0.05) is 30.0 Å². The standard InChI is InChI=1S/C12H19NS2/c1-12(2)9-10(8-11(14)15-12)13-6-4-3-5-7-13/h8H,3-7,9H2,1-2H3. The van der Waals surface area contributed by atoms with E-state index in [0.717, 1.165) is 10.6 Å². The molecule has 0 aliphatic carbocycles. The van der Waals surface area contributed by atoms with Crippen LogP contribution in [0.1, 0.15) is 39.5 Å². The fourth-order valence-corrected chi connectivity index (χ4v) is 4.12. The van der Waals surface area contributed by atoms with Gasteiger partial charge in [-0.15, -0.1) is 11.8 Å². The third-order valence-corrected chi connectivity index (χ3v) is 4.41. The van der Waals surface area contributed by atoms with E-state index in [1.165, 1.54) is 38.0 Å². The van der Waals surface area contributed by atoms with Gasteiger partial charge < -0.3 is 4.90 Å². The van der Waals surface area contributed by atoms with E-state index in [0.29, 0.717) is 4.75 Å². The minimum Gasteiger partial charge on any atom is -0.375 e. The number of nitrogens with zero attached hydrogens (tertiary/aromatic N) is 1. The fraction of sp³-hybridized carbons (Fsp3) is 0.750. The van der Waals surface area contributed by atoms with E-state index in [4.69, 9.17) is 12.2 Å². The van der Waals surface area contributed by atoms with Crippen molar-refractivity contribution in [1.29, 1.82) is 0 Å². The smallest absolute Gasteiger partial charge is 0.0728 e. The summed E-state index contributed by atoms with van der Waals surface area (Å²) in [7, 11) is 0. The van der Waals surface area contributed by atoms with Crippen molar-refractivity contribution in [3.8, 4) is 0 Å². The molecule has 2 aliphatic rings. The molecule has 0 spiro atoms. The zero-order chi connectivity index (χ0) is 10.9. The summed E-state index contributed by atoms with van der Waals surface area (Å²) in [5, 5.41) is 0. The van der Waals surface area contributed by atoms with Crippen LogP contribution in [-0.4, -0.2) is 26.9 Å². The summed E-state index contributed by atoms with van der Waals surface area (Å²) in [5.41, 5.74) is 1.48. The van der Waals surface area contributed by atoms with Crippen LogP contribution in [-0.2, 0) is 0 Å². The Hall–Kier alpha value is -0.0200. The Kier molecular flexibility index (Phi) is 3.41. The molecule has 0 radical (unpaired) electrons. The van der Waals surface area contributed by atoms with Gasteiger partial charge in [0.15, 0.2) is 0 Å². The van der Waals surface area contributed by atoms with Gasteiger partial charge in [0.1, 0.15) is 0 Å². The molecule has 0 atom stereocenters. The molecule has 1 fully saturated rings. The topological polar surface area (TPSA) is 3.24 Å². The molecule has 2 aliphatic heterocycles. The second kappa shape index (κ2) is 4.46. The van der Waals surface area contributed by atoms with E-state index in [1.54, 1.807) is 0 Å². The number of allylic oxidation sites excluding steroid dienone is 1. The summed E-state index contributed by atoms with van der Waals surface area (Å²) in [6, 6.07) is 0. The van der Waals surface area contributed by atoms with Crippen LogP contribution in [0.2, 0.25) is 0 Å². The number of likely N-dealkylation sites (tertiary alicyclic amines) is 1. The Morgan fingerprint density at radius 1 is 1.27 bits per heavy atom. The molecule has 15 heavy (non-hydrogen) atoms. The number of hydrogen-bond donors (Lipinski definition) is 0. The van der Waals surface area contributed by atoms with Gasteiger partial charge in [-0.25, -0.2) is 0 Å². The summed E-state index contributed by atoms with van der Waals surface area (Å²) in [4.78, 5) is 2.54. The maximum Gasteiger partial charge on any atom is 0.0728 e. The third-order valence-electron chi connectivity index (χ3n) is 3.03. The molecule has 0 N–H and O–H groups in total. The molecule has 84 valence electrons. The lowest BCUT2D eigenvalue weighted by molar-refractivity contribution is 0.272. The fourth-order valence-electron chi connectivity index (χ4n) is 2.35. The van der Waals surface area contributed by atoms with Crippen LogP contribution in [0.5, 0.6) is 0 Å². The lowest BCUT2D eigenvalue weighted by Crippen LogP contribution is -2.34. The predicted molar refractivity (Wildman–Crippen MR) is 72.4 cm³/mol. The Bertz CT molecular complexity index is 288. The average Bonchev–Trinajstić information content (AvgIpc) is 2.16. The summed E-state index contributed by atoms with van der Waals surface area (Å²) in [6.07, 6.45) is 7.47. The van der Waals surface area contributed by atoms with Crippen molar-refractivity contribution >= 4 is 28.2 Å². The van der Waals surface area contributed by atoms with Crippen molar-refractivity contribution in [2.45, 2.75) is 44.3 Å². The molecule has 0 saturated carbocycles. The molecule has 0 bridgehead atoms. The summed E-state index contributed by atoms with van der Waals surface area (Å²) in [6.45, 7) is 7.05. The normalized spacial score (nSPS) is 26.4. The van der Waals surface area contributed by atoms with Gasteiger partial charge in [-0.05, 0) is 39.2 Å². The lowest BCUT2D eigenvalue weighted by atomic mass is 10.0. The van der Waals surface area contributed by atoms with Crippen LogP contribution >= 0.6 is 24.0 Å². The Morgan fingerprint density at radius 2 is 1.93 bits per heavy atom. The van der Waals surface area contributed by atoms with E-state index in [9.17, 15) is 0 Å². The number of rotatable bonds is 1. The van der Waals surface area contributed by atoms with Gasteiger partial charge in [0.25, 0.3) is 0 Å². The number of piperidine rings is 1. The zero-order valence-corrected chi connectivity index (χ0v) is 11.2. The maximum atomic E-state index is 5.36. The first-order valence-corrected chi connectivity index (χ1v) is 6.98. The highest BCUT2D eigenvalue weighted by Crippen LogP contribution is 2.38. The van der Waals surface area contributed by atoms with Crippen molar-refractivity contribution in [2.75, 3.05) is 13.1 Å². The minimum atomic E-state index is 0.290. The minimum absolute atomic E-state index is 0.290. The third kappa shape index (κ3) is 2.97. The molecule has 0 unspecified atom stereocenters. The second-order valence-corrected chi connectivity index (χ2v) is 7.49. The van der Waals surface area contributed by atoms with Gasteiger partial charge in [-0.2, -0.15) is 0 Å².